The fourth-order valence-corrected chi connectivity index (χ4v) is 3.52. The lowest BCUT2D eigenvalue weighted by atomic mass is 9.96. The van der Waals surface area contributed by atoms with Crippen molar-refractivity contribution in [2.45, 2.75) is 31.2 Å². The number of hydrogen-bond donors (Lipinski definition) is 2. The highest BCUT2D eigenvalue weighted by atomic mass is 19.4. The number of halogens is 4. The van der Waals surface area contributed by atoms with Gasteiger partial charge in [-0.05, 0) is 23.3 Å². The molecule has 156 valence electrons. The molecule has 2 atom stereocenters. The van der Waals surface area contributed by atoms with Crippen LogP contribution in [0, 0.1) is 5.82 Å². The quantitative estimate of drug-likeness (QED) is 0.609. The Kier molecular flexibility index (Phi) is 5.19. The Balaban J connectivity index is 1.62. The number of aromatic nitrogens is 2. The average Bonchev–Trinajstić information content (AvgIpc) is 3.16. The number of carbonyl (C=O) groups is 1. The van der Waals surface area contributed by atoms with E-state index < -0.39 is 30.0 Å². The number of amides is 1. The summed E-state index contributed by atoms with van der Waals surface area (Å²) in [5.41, 5.74) is 1.37. The molecule has 9 heteroatoms. The maximum atomic E-state index is 13.7. The van der Waals surface area contributed by atoms with Gasteiger partial charge in [0, 0.05) is 13.0 Å². The fourth-order valence-electron chi connectivity index (χ4n) is 3.52. The molecule has 2 N–H and O–H groups in total. The smallest absolute Gasteiger partial charge is 0.363 e. The summed E-state index contributed by atoms with van der Waals surface area (Å²) in [7, 11) is 0. The van der Waals surface area contributed by atoms with Gasteiger partial charge >= 0.3 is 6.18 Å². The summed E-state index contributed by atoms with van der Waals surface area (Å²) in [4.78, 5) is 12.7. The number of carbonyl (C=O) groups excluding carboxylic acids is 1. The summed E-state index contributed by atoms with van der Waals surface area (Å²) in [6.45, 7) is 0.231. The van der Waals surface area contributed by atoms with E-state index in [2.05, 4.69) is 15.7 Å². The molecule has 4 rings (SSSR count). The first-order valence-corrected chi connectivity index (χ1v) is 9.31. The van der Waals surface area contributed by atoms with E-state index in [9.17, 15) is 22.4 Å². The van der Waals surface area contributed by atoms with Gasteiger partial charge in [0.15, 0.2) is 6.04 Å². The van der Waals surface area contributed by atoms with Gasteiger partial charge in [-0.25, -0.2) is 9.07 Å². The summed E-state index contributed by atoms with van der Waals surface area (Å²) < 4.78 is 55.2. The standard InChI is InChI=1S/C21H18F4N4O/c22-15-8-6-14(7-9-15)17-10-18(21(23,24)25)29-19(28-17)16(12-27-29)20(30)26-11-13-4-2-1-3-5-13/h1-9,12,17-18,28H,10-11H2,(H,26,30)/t17-,18-/m1/s1. The minimum Gasteiger partial charge on any atom is -0.363 e. The molecule has 1 amide bonds. The van der Waals surface area contributed by atoms with Crippen LogP contribution < -0.4 is 10.6 Å². The number of anilines is 1. The van der Waals surface area contributed by atoms with Crippen molar-refractivity contribution in [2.75, 3.05) is 5.32 Å². The van der Waals surface area contributed by atoms with Crippen LogP contribution in [0.4, 0.5) is 23.4 Å². The molecule has 0 bridgehead atoms. The highest BCUT2D eigenvalue weighted by Gasteiger charge is 2.47. The first kappa shape index (κ1) is 19.9. The Morgan fingerprint density at radius 1 is 1.13 bits per heavy atom. The topological polar surface area (TPSA) is 59.0 Å². The Bertz CT molecular complexity index is 1030. The first-order chi connectivity index (χ1) is 14.3. The molecule has 0 aliphatic carbocycles. The lowest BCUT2D eigenvalue weighted by Crippen LogP contribution is -2.36. The van der Waals surface area contributed by atoms with Crippen molar-refractivity contribution in [1.29, 1.82) is 0 Å². The van der Waals surface area contributed by atoms with E-state index in [0.717, 1.165) is 16.4 Å². The number of nitrogens with one attached hydrogen (secondary N) is 2. The molecule has 1 aromatic heterocycles. The van der Waals surface area contributed by atoms with Crippen molar-refractivity contribution in [2.24, 2.45) is 0 Å². The molecule has 0 saturated heterocycles. The highest BCUT2D eigenvalue weighted by molar-refractivity contribution is 5.98. The molecule has 1 aliphatic rings. The van der Waals surface area contributed by atoms with Crippen molar-refractivity contribution in [3.63, 3.8) is 0 Å². The Morgan fingerprint density at radius 3 is 2.50 bits per heavy atom. The van der Waals surface area contributed by atoms with E-state index in [-0.39, 0.29) is 24.3 Å². The summed E-state index contributed by atoms with van der Waals surface area (Å²) in [5, 5.41) is 9.52. The third-order valence-corrected chi connectivity index (χ3v) is 5.05. The molecule has 5 nitrogen and oxygen atoms in total. The van der Waals surface area contributed by atoms with Gasteiger partial charge in [0.2, 0.25) is 0 Å². The van der Waals surface area contributed by atoms with Gasteiger partial charge in [0.25, 0.3) is 5.91 Å². The third kappa shape index (κ3) is 4.00. The normalized spacial score (nSPS) is 18.4. The van der Waals surface area contributed by atoms with Crippen LogP contribution in [0.5, 0.6) is 0 Å². The number of alkyl halides is 3. The molecular weight excluding hydrogens is 400 g/mol. The molecule has 0 fully saturated rings. The van der Waals surface area contributed by atoms with E-state index in [0.29, 0.717) is 5.56 Å². The predicted octanol–water partition coefficient (Wildman–Crippen LogP) is 4.61. The zero-order chi connectivity index (χ0) is 21.3. The predicted molar refractivity (Wildman–Crippen MR) is 102 cm³/mol. The number of hydrogen-bond acceptors (Lipinski definition) is 3. The molecular formula is C21H18F4N4O. The molecule has 0 radical (unpaired) electrons. The van der Waals surface area contributed by atoms with E-state index in [1.807, 2.05) is 30.3 Å². The molecule has 2 aromatic carbocycles. The summed E-state index contributed by atoms with van der Waals surface area (Å²) >= 11 is 0. The van der Waals surface area contributed by atoms with Crippen molar-refractivity contribution in [3.8, 4) is 0 Å². The van der Waals surface area contributed by atoms with Crippen molar-refractivity contribution in [3.05, 3.63) is 83.3 Å². The number of rotatable bonds is 4. The Hall–Kier alpha value is -3.36. The molecule has 2 heterocycles. The second-order valence-corrected chi connectivity index (χ2v) is 7.06. The number of nitrogens with zero attached hydrogens (tertiary/aromatic N) is 2. The Labute approximate surface area is 169 Å². The molecule has 30 heavy (non-hydrogen) atoms. The second-order valence-electron chi connectivity index (χ2n) is 7.06. The Morgan fingerprint density at radius 2 is 1.83 bits per heavy atom. The van der Waals surface area contributed by atoms with Gasteiger partial charge in [-0.1, -0.05) is 42.5 Å². The van der Waals surface area contributed by atoms with Gasteiger partial charge in [-0.3, -0.25) is 4.79 Å². The third-order valence-electron chi connectivity index (χ3n) is 5.05. The van der Waals surface area contributed by atoms with E-state index in [4.69, 9.17) is 0 Å². The fraction of sp³-hybridized carbons (Fsp3) is 0.238. The number of fused-ring (bicyclic) bond motifs is 1. The molecule has 0 unspecified atom stereocenters. The highest BCUT2D eigenvalue weighted by Crippen LogP contribution is 2.44. The SMILES string of the molecule is O=C(NCc1ccccc1)c1cnn2c1N[C@@H](c1ccc(F)cc1)C[C@@H]2C(F)(F)F. The first-order valence-electron chi connectivity index (χ1n) is 9.31. The van der Waals surface area contributed by atoms with Gasteiger partial charge in [-0.15, -0.1) is 0 Å². The maximum Gasteiger partial charge on any atom is 0.410 e. The molecule has 3 aromatic rings. The maximum absolute atomic E-state index is 13.7. The lowest BCUT2D eigenvalue weighted by Gasteiger charge is -2.34. The minimum absolute atomic E-state index is 0.0107. The van der Waals surface area contributed by atoms with Gasteiger partial charge in [0.1, 0.15) is 17.2 Å². The van der Waals surface area contributed by atoms with Crippen LogP contribution in [0.3, 0.4) is 0 Å². The van der Waals surface area contributed by atoms with Crippen LogP contribution in [-0.4, -0.2) is 21.9 Å². The van der Waals surface area contributed by atoms with Crippen molar-refractivity contribution >= 4 is 11.7 Å². The van der Waals surface area contributed by atoms with Crippen LogP contribution in [0.2, 0.25) is 0 Å². The largest absolute Gasteiger partial charge is 0.410 e. The van der Waals surface area contributed by atoms with Crippen LogP contribution in [0.15, 0.2) is 60.8 Å². The van der Waals surface area contributed by atoms with Crippen molar-refractivity contribution in [1.82, 2.24) is 15.1 Å². The minimum atomic E-state index is -4.56. The van der Waals surface area contributed by atoms with E-state index in [1.54, 1.807) is 0 Å². The van der Waals surface area contributed by atoms with E-state index >= 15 is 0 Å². The van der Waals surface area contributed by atoms with Gasteiger partial charge < -0.3 is 10.6 Å². The van der Waals surface area contributed by atoms with Crippen molar-refractivity contribution < 1.29 is 22.4 Å². The molecule has 0 saturated carbocycles. The zero-order valence-corrected chi connectivity index (χ0v) is 15.7. The van der Waals surface area contributed by atoms with E-state index in [1.165, 1.54) is 24.3 Å². The second kappa shape index (κ2) is 7.81. The number of benzene rings is 2. The lowest BCUT2D eigenvalue weighted by molar-refractivity contribution is -0.173. The summed E-state index contributed by atoms with van der Waals surface area (Å²) in [6, 6.07) is 11.8. The van der Waals surface area contributed by atoms with Crippen LogP contribution >= 0.6 is 0 Å². The van der Waals surface area contributed by atoms with Crippen LogP contribution in [0.25, 0.3) is 0 Å². The average molecular weight is 418 g/mol. The summed E-state index contributed by atoms with van der Waals surface area (Å²) in [5.74, 6) is -1.02. The van der Waals surface area contributed by atoms with Gasteiger partial charge in [0.05, 0.1) is 12.2 Å². The molecule has 0 spiro atoms. The van der Waals surface area contributed by atoms with Gasteiger partial charge in [-0.2, -0.15) is 18.3 Å². The zero-order valence-electron chi connectivity index (χ0n) is 15.7. The summed E-state index contributed by atoms with van der Waals surface area (Å²) in [6.07, 6.45) is -3.75. The monoisotopic (exact) mass is 418 g/mol. The molecule has 1 aliphatic heterocycles. The van der Waals surface area contributed by atoms with Crippen LogP contribution in [0.1, 0.15) is 40.0 Å². The van der Waals surface area contributed by atoms with Crippen LogP contribution in [-0.2, 0) is 6.54 Å².